The van der Waals surface area contributed by atoms with Crippen LogP contribution < -0.4 is 10.1 Å². The van der Waals surface area contributed by atoms with Crippen LogP contribution in [0.2, 0.25) is 0 Å². The third-order valence-electron chi connectivity index (χ3n) is 4.33. The van der Waals surface area contributed by atoms with Crippen molar-refractivity contribution >= 4 is 17.6 Å². The number of anilines is 1. The summed E-state index contributed by atoms with van der Waals surface area (Å²) in [6.07, 6.45) is 1.67. The highest BCUT2D eigenvalue weighted by Gasteiger charge is 2.24. The Hall–Kier alpha value is -3.28. The number of ether oxygens (including phenoxy) is 1. The SMILES string of the molecule is C=CCOc1cccc(NC(=O)N2CCN(C(=O)c3ccccc3)CC2)c1. The van der Waals surface area contributed by atoms with Gasteiger partial charge >= 0.3 is 6.03 Å². The molecule has 1 aliphatic heterocycles. The van der Waals surface area contributed by atoms with E-state index in [1.54, 1.807) is 21.9 Å². The molecule has 6 heteroatoms. The first kappa shape index (κ1) is 18.5. The van der Waals surface area contributed by atoms with Gasteiger partial charge in [0.2, 0.25) is 0 Å². The highest BCUT2D eigenvalue weighted by atomic mass is 16.5. The van der Waals surface area contributed by atoms with Crippen LogP contribution in [0.4, 0.5) is 10.5 Å². The first-order valence-electron chi connectivity index (χ1n) is 8.91. The van der Waals surface area contributed by atoms with Crippen molar-refractivity contribution in [1.82, 2.24) is 9.80 Å². The van der Waals surface area contributed by atoms with E-state index in [-0.39, 0.29) is 11.9 Å². The lowest BCUT2D eigenvalue weighted by Crippen LogP contribution is -2.51. The van der Waals surface area contributed by atoms with Gasteiger partial charge in [-0.05, 0) is 24.3 Å². The molecule has 1 saturated heterocycles. The second-order valence-corrected chi connectivity index (χ2v) is 6.20. The number of benzene rings is 2. The number of nitrogens with one attached hydrogen (secondary N) is 1. The van der Waals surface area contributed by atoms with E-state index in [0.717, 1.165) is 0 Å². The number of amides is 3. The van der Waals surface area contributed by atoms with Gasteiger partial charge in [0.15, 0.2) is 0 Å². The Morgan fingerprint density at radius 3 is 2.41 bits per heavy atom. The van der Waals surface area contributed by atoms with Crippen LogP contribution in [-0.4, -0.2) is 54.5 Å². The fourth-order valence-electron chi connectivity index (χ4n) is 2.90. The smallest absolute Gasteiger partial charge is 0.321 e. The molecule has 0 radical (unpaired) electrons. The van der Waals surface area contributed by atoms with Crippen molar-refractivity contribution in [2.24, 2.45) is 0 Å². The standard InChI is InChI=1S/C21H23N3O3/c1-2-15-27-19-10-6-9-18(16-19)22-21(26)24-13-11-23(12-14-24)20(25)17-7-4-3-5-8-17/h2-10,16H,1,11-15H2,(H,22,26). The molecule has 1 aliphatic rings. The third kappa shape index (κ3) is 4.88. The molecule has 3 rings (SSSR count). The van der Waals surface area contributed by atoms with E-state index in [0.29, 0.717) is 49.8 Å². The molecule has 3 amide bonds. The lowest BCUT2D eigenvalue weighted by molar-refractivity contribution is 0.0671. The van der Waals surface area contributed by atoms with Crippen LogP contribution in [0.1, 0.15) is 10.4 Å². The van der Waals surface area contributed by atoms with E-state index >= 15 is 0 Å². The first-order valence-corrected chi connectivity index (χ1v) is 8.91. The Balaban J connectivity index is 1.53. The average Bonchev–Trinajstić information content (AvgIpc) is 2.72. The fraction of sp³-hybridized carbons (Fsp3) is 0.238. The molecule has 0 unspecified atom stereocenters. The number of urea groups is 1. The Morgan fingerprint density at radius 1 is 1.00 bits per heavy atom. The van der Waals surface area contributed by atoms with Gasteiger partial charge in [0.1, 0.15) is 12.4 Å². The van der Waals surface area contributed by atoms with Gasteiger partial charge in [-0.1, -0.05) is 36.9 Å². The van der Waals surface area contributed by atoms with Crippen LogP contribution in [0.15, 0.2) is 67.3 Å². The molecular formula is C21H23N3O3. The molecule has 27 heavy (non-hydrogen) atoms. The minimum Gasteiger partial charge on any atom is -0.489 e. The summed E-state index contributed by atoms with van der Waals surface area (Å²) < 4.78 is 5.48. The van der Waals surface area contributed by atoms with E-state index < -0.39 is 0 Å². The summed E-state index contributed by atoms with van der Waals surface area (Å²) in [7, 11) is 0. The monoisotopic (exact) mass is 365 g/mol. The van der Waals surface area contributed by atoms with Gasteiger partial charge in [-0.25, -0.2) is 4.79 Å². The highest BCUT2D eigenvalue weighted by molar-refractivity contribution is 5.94. The summed E-state index contributed by atoms with van der Waals surface area (Å²) in [5.74, 6) is 0.675. The first-order chi connectivity index (χ1) is 13.2. The van der Waals surface area contributed by atoms with Gasteiger partial charge in [0, 0.05) is 43.5 Å². The van der Waals surface area contributed by atoms with Gasteiger partial charge in [-0.15, -0.1) is 0 Å². The Bertz CT molecular complexity index is 799. The summed E-state index contributed by atoms with van der Waals surface area (Å²) in [5.41, 5.74) is 1.34. The minimum atomic E-state index is -0.178. The Labute approximate surface area is 159 Å². The van der Waals surface area contributed by atoms with Crippen molar-refractivity contribution in [2.45, 2.75) is 0 Å². The van der Waals surface area contributed by atoms with Crippen molar-refractivity contribution in [3.05, 3.63) is 72.8 Å². The molecule has 1 N–H and O–H groups in total. The van der Waals surface area contributed by atoms with Crippen molar-refractivity contribution in [1.29, 1.82) is 0 Å². The molecule has 140 valence electrons. The zero-order chi connectivity index (χ0) is 19.1. The van der Waals surface area contributed by atoms with Gasteiger partial charge in [0.25, 0.3) is 5.91 Å². The van der Waals surface area contributed by atoms with Gasteiger partial charge in [-0.2, -0.15) is 0 Å². The average molecular weight is 365 g/mol. The van der Waals surface area contributed by atoms with Crippen LogP contribution in [0, 0.1) is 0 Å². The van der Waals surface area contributed by atoms with Crippen LogP contribution in [0.25, 0.3) is 0 Å². The second-order valence-electron chi connectivity index (χ2n) is 6.20. The number of hydrogen-bond donors (Lipinski definition) is 1. The molecule has 0 aromatic heterocycles. The number of hydrogen-bond acceptors (Lipinski definition) is 3. The number of carbonyl (C=O) groups is 2. The quantitative estimate of drug-likeness (QED) is 0.828. The summed E-state index contributed by atoms with van der Waals surface area (Å²) in [6.45, 7) is 6.06. The Morgan fingerprint density at radius 2 is 1.70 bits per heavy atom. The normalized spacial score (nSPS) is 13.8. The predicted molar refractivity (Wildman–Crippen MR) is 105 cm³/mol. The summed E-state index contributed by atoms with van der Waals surface area (Å²) in [5, 5.41) is 2.88. The maximum absolute atomic E-state index is 12.5. The van der Waals surface area contributed by atoms with Crippen molar-refractivity contribution < 1.29 is 14.3 Å². The topological polar surface area (TPSA) is 61.9 Å². The molecular weight excluding hydrogens is 342 g/mol. The summed E-state index contributed by atoms with van der Waals surface area (Å²) >= 11 is 0. The number of carbonyl (C=O) groups excluding carboxylic acids is 2. The molecule has 0 aliphatic carbocycles. The second kappa shape index (κ2) is 8.89. The number of nitrogens with zero attached hydrogens (tertiary/aromatic N) is 2. The lowest BCUT2D eigenvalue weighted by Gasteiger charge is -2.34. The van der Waals surface area contributed by atoms with E-state index in [1.807, 2.05) is 48.5 Å². The van der Waals surface area contributed by atoms with Crippen LogP contribution in [-0.2, 0) is 0 Å². The van der Waals surface area contributed by atoms with E-state index in [4.69, 9.17) is 4.74 Å². The third-order valence-corrected chi connectivity index (χ3v) is 4.33. The summed E-state index contributed by atoms with van der Waals surface area (Å²) in [4.78, 5) is 28.5. The van der Waals surface area contributed by atoms with Gasteiger partial charge in [0.05, 0.1) is 0 Å². The molecule has 2 aromatic rings. The van der Waals surface area contributed by atoms with Crippen LogP contribution in [0.3, 0.4) is 0 Å². The maximum Gasteiger partial charge on any atom is 0.321 e. The van der Waals surface area contributed by atoms with Gasteiger partial charge < -0.3 is 19.9 Å². The number of rotatable bonds is 5. The predicted octanol–water partition coefficient (Wildman–Crippen LogP) is 3.24. The molecule has 0 saturated carbocycles. The molecule has 1 heterocycles. The van der Waals surface area contributed by atoms with E-state index in [9.17, 15) is 9.59 Å². The molecule has 0 atom stereocenters. The minimum absolute atomic E-state index is 0.00252. The summed E-state index contributed by atoms with van der Waals surface area (Å²) in [6, 6.07) is 16.3. The fourth-order valence-corrected chi connectivity index (χ4v) is 2.90. The molecule has 2 aromatic carbocycles. The van der Waals surface area contributed by atoms with Crippen LogP contribution in [0.5, 0.6) is 5.75 Å². The molecule has 6 nitrogen and oxygen atoms in total. The zero-order valence-corrected chi connectivity index (χ0v) is 15.1. The maximum atomic E-state index is 12.5. The zero-order valence-electron chi connectivity index (χ0n) is 15.1. The highest BCUT2D eigenvalue weighted by Crippen LogP contribution is 2.18. The Kier molecular flexibility index (Phi) is 6.10. The lowest BCUT2D eigenvalue weighted by atomic mass is 10.2. The van der Waals surface area contributed by atoms with Crippen molar-refractivity contribution in [2.75, 3.05) is 38.1 Å². The molecule has 0 spiro atoms. The van der Waals surface area contributed by atoms with Gasteiger partial charge in [-0.3, -0.25) is 4.79 Å². The van der Waals surface area contributed by atoms with Crippen LogP contribution >= 0.6 is 0 Å². The van der Waals surface area contributed by atoms with Crippen molar-refractivity contribution in [3.8, 4) is 5.75 Å². The van der Waals surface area contributed by atoms with Crippen molar-refractivity contribution in [3.63, 3.8) is 0 Å². The molecule has 0 bridgehead atoms. The largest absolute Gasteiger partial charge is 0.489 e. The molecule has 1 fully saturated rings. The van der Waals surface area contributed by atoms with E-state index in [2.05, 4.69) is 11.9 Å². The van der Waals surface area contributed by atoms with E-state index in [1.165, 1.54) is 0 Å². The number of piperazine rings is 1.